The number of benzene rings is 1. The van der Waals surface area contributed by atoms with E-state index in [2.05, 4.69) is 9.82 Å². The molecule has 1 heterocycles. The first-order valence-corrected chi connectivity index (χ1v) is 8.13. The van der Waals surface area contributed by atoms with Crippen molar-refractivity contribution in [3.05, 3.63) is 53.6 Å². The van der Waals surface area contributed by atoms with Crippen molar-refractivity contribution in [2.75, 3.05) is 6.54 Å². The fourth-order valence-electron chi connectivity index (χ4n) is 1.80. The molecule has 0 aliphatic rings. The second-order valence-corrected chi connectivity index (χ2v) is 6.55. The normalized spacial score (nSPS) is 12.5. The maximum Gasteiger partial charge on any atom is 0.435 e. The molecule has 0 saturated carbocycles. The van der Waals surface area contributed by atoms with Crippen LogP contribution in [0.15, 0.2) is 36.5 Å². The van der Waals surface area contributed by atoms with Crippen molar-refractivity contribution >= 4 is 10.0 Å². The third-order valence-corrected chi connectivity index (χ3v) is 4.22. The summed E-state index contributed by atoms with van der Waals surface area (Å²) in [5.74, 6) is -0.821. The third-order valence-electron chi connectivity index (χ3n) is 2.86. The van der Waals surface area contributed by atoms with Gasteiger partial charge in [0.2, 0.25) is 10.0 Å². The molecule has 0 spiro atoms. The Morgan fingerprint density at radius 3 is 2.35 bits per heavy atom. The molecule has 0 aliphatic carbocycles. The lowest BCUT2D eigenvalue weighted by molar-refractivity contribution is -0.141. The first kappa shape index (κ1) is 17.4. The Bertz CT molecular complexity index is 754. The number of hydrogen-bond acceptors (Lipinski definition) is 3. The van der Waals surface area contributed by atoms with Gasteiger partial charge in [0, 0.05) is 12.7 Å². The predicted octanol–water partition coefficient (Wildman–Crippen LogP) is 2.16. The maximum absolute atomic E-state index is 12.7. The van der Waals surface area contributed by atoms with Gasteiger partial charge in [0.15, 0.2) is 5.69 Å². The van der Waals surface area contributed by atoms with Crippen LogP contribution >= 0.6 is 0 Å². The molecule has 0 saturated heterocycles. The summed E-state index contributed by atoms with van der Waals surface area (Å²) >= 11 is 0. The smallest absolute Gasteiger partial charge is 0.271 e. The number of halogens is 4. The van der Waals surface area contributed by atoms with Gasteiger partial charge in [-0.25, -0.2) is 17.5 Å². The fourth-order valence-corrected chi connectivity index (χ4v) is 2.94. The Morgan fingerprint density at radius 1 is 1.13 bits per heavy atom. The SMILES string of the molecule is O=S(=O)(Cc1ccc(F)cc1)NCCn1ccc(C(F)(F)F)n1. The van der Waals surface area contributed by atoms with Crippen LogP contribution in [-0.4, -0.2) is 24.7 Å². The van der Waals surface area contributed by atoms with Crippen LogP contribution in [0.2, 0.25) is 0 Å². The van der Waals surface area contributed by atoms with Gasteiger partial charge >= 0.3 is 6.18 Å². The number of hydrogen-bond donors (Lipinski definition) is 1. The molecule has 0 radical (unpaired) electrons. The predicted molar refractivity (Wildman–Crippen MR) is 74.3 cm³/mol. The summed E-state index contributed by atoms with van der Waals surface area (Å²) in [5, 5.41) is 3.31. The molecule has 5 nitrogen and oxygen atoms in total. The molecule has 1 N–H and O–H groups in total. The standard InChI is InChI=1S/C13H13F4N3O2S/c14-11-3-1-10(2-4-11)9-23(21,22)18-6-8-20-7-5-12(19-20)13(15,16)17/h1-5,7,18H,6,8-9H2. The molecule has 0 fully saturated rings. The summed E-state index contributed by atoms with van der Waals surface area (Å²) in [6.07, 6.45) is -3.41. The van der Waals surface area contributed by atoms with E-state index in [4.69, 9.17) is 0 Å². The van der Waals surface area contributed by atoms with Gasteiger partial charge in [-0.3, -0.25) is 4.68 Å². The molecule has 23 heavy (non-hydrogen) atoms. The highest BCUT2D eigenvalue weighted by Crippen LogP contribution is 2.27. The highest BCUT2D eigenvalue weighted by molar-refractivity contribution is 7.88. The lowest BCUT2D eigenvalue weighted by Gasteiger charge is -2.07. The van der Waals surface area contributed by atoms with Crippen LogP contribution < -0.4 is 4.72 Å². The molecule has 2 rings (SSSR count). The van der Waals surface area contributed by atoms with Gasteiger partial charge in [-0.1, -0.05) is 12.1 Å². The van der Waals surface area contributed by atoms with Gasteiger partial charge in [0.1, 0.15) is 5.82 Å². The van der Waals surface area contributed by atoms with E-state index in [0.29, 0.717) is 5.56 Å². The Balaban J connectivity index is 1.87. The number of sulfonamides is 1. The van der Waals surface area contributed by atoms with E-state index >= 15 is 0 Å². The zero-order valence-corrected chi connectivity index (χ0v) is 12.5. The van der Waals surface area contributed by atoms with Crippen molar-refractivity contribution in [3.8, 4) is 0 Å². The van der Waals surface area contributed by atoms with Crippen molar-refractivity contribution in [2.24, 2.45) is 0 Å². The number of rotatable bonds is 6. The number of aromatic nitrogens is 2. The lowest BCUT2D eigenvalue weighted by atomic mass is 10.2. The van der Waals surface area contributed by atoms with Crippen molar-refractivity contribution in [1.29, 1.82) is 0 Å². The van der Waals surface area contributed by atoms with Crippen molar-refractivity contribution in [1.82, 2.24) is 14.5 Å². The first-order valence-electron chi connectivity index (χ1n) is 6.48. The van der Waals surface area contributed by atoms with Gasteiger partial charge in [-0.05, 0) is 23.8 Å². The Labute approximate surface area is 130 Å². The highest BCUT2D eigenvalue weighted by Gasteiger charge is 2.33. The van der Waals surface area contributed by atoms with Crippen molar-refractivity contribution in [3.63, 3.8) is 0 Å². The highest BCUT2D eigenvalue weighted by atomic mass is 32.2. The van der Waals surface area contributed by atoms with E-state index in [-0.39, 0.29) is 18.8 Å². The average molecular weight is 351 g/mol. The average Bonchev–Trinajstić information content (AvgIpc) is 2.90. The van der Waals surface area contributed by atoms with Crippen molar-refractivity contribution < 1.29 is 26.0 Å². The Hall–Kier alpha value is -1.94. The number of nitrogens with one attached hydrogen (secondary N) is 1. The maximum atomic E-state index is 12.7. The molecule has 10 heteroatoms. The molecular weight excluding hydrogens is 338 g/mol. The second-order valence-electron chi connectivity index (χ2n) is 4.74. The second kappa shape index (κ2) is 6.67. The van der Waals surface area contributed by atoms with Gasteiger partial charge in [0.05, 0.1) is 12.3 Å². The molecule has 1 aromatic heterocycles. The van der Waals surface area contributed by atoms with E-state index in [1.807, 2.05) is 0 Å². The van der Waals surface area contributed by atoms with Crippen LogP contribution in [0.3, 0.4) is 0 Å². The minimum Gasteiger partial charge on any atom is -0.271 e. The summed E-state index contributed by atoms with van der Waals surface area (Å²) in [7, 11) is -3.68. The van der Waals surface area contributed by atoms with Gasteiger partial charge in [-0.2, -0.15) is 18.3 Å². The van der Waals surface area contributed by atoms with Crippen LogP contribution in [0.4, 0.5) is 17.6 Å². The minimum absolute atomic E-state index is 0.0429. The quantitative estimate of drug-likeness (QED) is 0.811. The van der Waals surface area contributed by atoms with E-state index in [9.17, 15) is 26.0 Å². The van der Waals surface area contributed by atoms with Crippen LogP contribution in [0.5, 0.6) is 0 Å². The molecule has 126 valence electrons. The minimum atomic E-state index is -4.53. The number of alkyl halides is 3. The van der Waals surface area contributed by atoms with E-state index in [1.165, 1.54) is 12.1 Å². The molecule has 0 bridgehead atoms. The fraction of sp³-hybridized carbons (Fsp3) is 0.308. The number of nitrogens with zero attached hydrogens (tertiary/aromatic N) is 2. The summed E-state index contributed by atoms with van der Waals surface area (Å²) < 4.78 is 76.8. The van der Waals surface area contributed by atoms with E-state index in [1.54, 1.807) is 0 Å². The van der Waals surface area contributed by atoms with Gasteiger partial charge in [-0.15, -0.1) is 0 Å². The van der Waals surface area contributed by atoms with Crippen LogP contribution in [0.1, 0.15) is 11.3 Å². The molecule has 2 aromatic rings. The van der Waals surface area contributed by atoms with Crippen LogP contribution in [0, 0.1) is 5.82 Å². The summed E-state index contributed by atoms with van der Waals surface area (Å²) in [4.78, 5) is 0. The molecular formula is C13H13F4N3O2S. The first-order chi connectivity index (χ1) is 10.7. The topological polar surface area (TPSA) is 64.0 Å². The Morgan fingerprint density at radius 2 is 1.78 bits per heavy atom. The largest absolute Gasteiger partial charge is 0.435 e. The summed E-state index contributed by atoms with van der Waals surface area (Å²) in [6.45, 7) is -0.152. The van der Waals surface area contributed by atoms with Crippen molar-refractivity contribution in [2.45, 2.75) is 18.5 Å². The Kier molecular flexibility index (Phi) is 5.05. The zero-order chi connectivity index (χ0) is 17.1. The van der Waals surface area contributed by atoms with E-state index < -0.39 is 27.7 Å². The third kappa shape index (κ3) is 5.32. The van der Waals surface area contributed by atoms with E-state index in [0.717, 1.165) is 29.1 Å². The monoisotopic (exact) mass is 351 g/mol. The van der Waals surface area contributed by atoms with Crippen LogP contribution in [0.25, 0.3) is 0 Å². The van der Waals surface area contributed by atoms with Gasteiger partial charge < -0.3 is 0 Å². The van der Waals surface area contributed by atoms with Crippen LogP contribution in [-0.2, 0) is 28.5 Å². The lowest BCUT2D eigenvalue weighted by Crippen LogP contribution is -2.28. The van der Waals surface area contributed by atoms with Gasteiger partial charge in [0.25, 0.3) is 0 Å². The molecule has 0 atom stereocenters. The molecule has 0 unspecified atom stereocenters. The molecule has 1 aromatic carbocycles. The summed E-state index contributed by atoms with van der Waals surface area (Å²) in [6, 6.07) is 5.79. The molecule has 0 aliphatic heterocycles. The molecule has 0 amide bonds. The zero-order valence-electron chi connectivity index (χ0n) is 11.7. The summed E-state index contributed by atoms with van der Waals surface area (Å²) in [5.41, 5.74) is -0.635.